The van der Waals surface area contributed by atoms with E-state index in [4.69, 9.17) is 0 Å². The Bertz CT molecular complexity index is 1810. The van der Waals surface area contributed by atoms with Crippen molar-refractivity contribution in [3.63, 3.8) is 0 Å². The molecule has 4 amide bonds. The zero-order valence-corrected chi connectivity index (χ0v) is 25.2. The van der Waals surface area contributed by atoms with Crippen molar-refractivity contribution in [2.45, 2.75) is 63.1 Å². The molecule has 0 spiro atoms. The van der Waals surface area contributed by atoms with Crippen LogP contribution in [0.15, 0.2) is 72.8 Å². The predicted octanol–water partition coefficient (Wildman–Crippen LogP) is 3.10. The number of benzene rings is 3. The van der Waals surface area contributed by atoms with E-state index in [1.54, 1.807) is 72.8 Å². The molecule has 3 aromatic carbocycles. The second-order valence-corrected chi connectivity index (χ2v) is 12.5. The number of nitrogens with zero attached hydrogens (tertiary/aromatic N) is 3. The Hall–Kier alpha value is -5.23. The van der Waals surface area contributed by atoms with E-state index in [2.05, 4.69) is 10.6 Å². The third kappa shape index (κ3) is 4.20. The fourth-order valence-electron chi connectivity index (χ4n) is 7.52. The van der Waals surface area contributed by atoms with Gasteiger partial charge in [0, 0.05) is 12.1 Å². The summed E-state index contributed by atoms with van der Waals surface area (Å²) in [6, 6.07) is 18.4. The van der Waals surface area contributed by atoms with Gasteiger partial charge in [0.15, 0.2) is 0 Å². The fourth-order valence-corrected chi connectivity index (χ4v) is 7.52. The lowest BCUT2D eigenvalue weighted by atomic mass is 9.84. The highest BCUT2D eigenvalue weighted by atomic mass is 16.4. The van der Waals surface area contributed by atoms with E-state index in [-0.39, 0.29) is 23.8 Å². The lowest BCUT2D eigenvalue weighted by Gasteiger charge is -2.47. The van der Waals surface area contributed by atoms with Crippen molar-refractivity contribution in [2.24, 2.45) is 5.92 Å². The summed E-state index contributed by atoms with van der Waals surface area (Å²) in [5.74, 6) is -6.82. The van der Waals surface area contributed by atoms with Gasteiger partial charge >= 0.3 is 5.97 Å². The topological polar surface area (TPSA) is 160 Å². The van der Waals surface area contributed by atoms with Crippen molar-refractivity contribution in [1.82, 2.24) is 10.2 Å². The van der Waals surface area contributed by atoms with Gasteiger partial charge < -0.3 is 20.8 Å². The molecule has 4 heterocycles. The SMILES string of the molecule is CC(C)CC1C(=O)N2c3ccccc3[C@H]([C@@H]3NC(=O)c4ccccc4N4C(=O)c5ccccc5NC34)C2(O)N1C(=O)CCC(=O)O. The van der Waals surface area contributed by atoms with Crippen molar-refractivity contribution in [1.29, 1.82) is 0 Å². The van der Waals surface area contributed by atoms with Crippen LogP contribution in [-0.4, -0.2) is 68.8 Å². The summed E-state index contributed by atoms with van der Waals surface area (Å²) in [6.45, 7) is 3.78. The summed E-state index contributed by atoms with van der Waals surface area (Å²) < 4.78 is 0. The third-order valence-corrected chi connectivity index (χ3v) is 9.31. The number of carbonyl (C=O) groups is 5. The van der Waals surface area contributed by atoms with Gasteiger partial charge in [-0.3, -0.25) is 38.7 Å². The zero-order chi connectivity index (χ0) is 32.5. The van der Waals surface area contributed by atoms with Gasteiger partial charge in [-0.25, -0.2) is 0 Å². The number of carboxylic acids is 1. The van der Waals surface area contributed by atoms with E-state index < -0.39 is 66.5 Å². The molecule has 0 saturated carbocycles. The van der Waals surface area contributed by atoms with Crippen LogP contribution in [0.5, 0.6) is 0 Å². The number of aliphatic carboxylic acids is 1. The highest BCUT2D eigenvalue weighted by Crippen LogP contribution is 2.56. The van der Waals surface area contributed by atoms with Crippen LogP contribution in [0.3, 0.4) is 0 Å². The van der Waals surface area contributed by atoms with E-state index >= 15 is 0 Å². The molecule has 46 heavy (non-hydrogen) atoms. The van der Waals surface area contributed by atoms with Gasteiger partial charge in [-0.15, -0.1) is 0 Å². The number of amides is 4. The highest BCUT2D eigenvalue weighted by Gasteiger charge is 2.69. The number of aliphatic hydroxyl groups is 1. The Balaban J connectivity index is 1.44. The van der Waals surface area contributed by atoms with Crippen molar-refractivity contribution in [3.8, 4) is 0 Å². The van der Waals surface area contributed by atoms with Crippen molar-refractivity contribution in [2.75, 3.05) is 15.1 Å². The first-order valence-corrected chi connectivity index (χ1v) is 15.3. The van der Waals surface area contributed by atoms with E-state index in [9.17, 15) is 34.2 Å². The first-order chi connectivity index (χ1) is 22.0. The molecule has 4 N–H and O–H groups in total. The fraction of sp³-hybridized carbons (Fsp3) is 0.324. The van der Waals surface area contributed by atoms with Gasteiger partial charge in [0.1, 0.15) is 12.2 Å². The molecule has 12 heteroatoms. The minimum absolute atomic E-state index is 0.0576. The van der Waals surface area contributed by atoms with E-state index in [0.717, 1.165) is 4.90 Å². The maximum absolute atomic E-state index is 14.3. The molecular weight excluding hydrogens is 590 g/mol. The van der Waals surface area contributed by atoms with E-state index in [0.29, 0.717) is 28.2 Å². The molecule has 3 unspecified atom stereocenters. The molecule has 12 nitrogen and oxygen atoms in total. The molecule has 5 atom stereocenters. The van der Waals surface area contributed by atoms with Crippen LogP contribution in [0, 0.1) is 5.92 Å². The summed E-state index contributed by atoms with van der Waals surface area (Å²) in [7, 11) is 0. The van der Waals surface area contributed by atoms with Crippen molar-refractivity contribution < 1.29 is 34.2 Å². The second kappa shape index (κ2) is 10.7. The minimum Gasteiger partial charge on any atom is -0.481 e. The maximum atomic E-state index is 14.3. The van der Waals surface area contributed by atoms with Gasteiger partial charge in [0.2, 0.25) is 11.8 Å². The molecule has 1 saturated heterocycles. The number of hydrogen-bond acceptors (Lipinski definition) is 7. The minimum atomic E-state index is -2.34. The number of anilines is 3. The summed E-state index contributed by atoms with van der Waals surface area (Å²) >= 11 is 0. The average Bonchev–Trinajstić information content (AvgIpc) is 3.36. The molecule has 0 aromatic heterocycles. The van der Waals surface area contributed by atoms with Gasteiger partial charge in [-0.2, -0.15) is 0 Å². The number of fused-ring (bicyclic) bond motifs is 7. The van der Waals surface area contributed by atoms with Crippen molar-refractivity contribution >= 4 is 46.7 Å². The number of rotatable bonds is 6. The standard InChI is InChI=1S/C34H33N5O7/c1-18(2)17-25-33(45)39-24-14-8-4-10-20(24)28(34(39,46)38(25)26(40)15-16-27(41)42)29-30-35-22-12-6-3-9-19(22)32(44)37(30)23-13-7-5-11-21(23)31(43)36-29/h3-14,18,25,28-30,35,46H,15-17H2,1-2H3,(H,36,43)(H,41,42)/t25?,28-,29+,30?,34?/m1/s1. The smallest absolute Gasteiger partial charge is 0.303 e. The molecule has 0 bridgehead atoms. The van der Waals surface area contributed by atoms with Crippen molar-refractivity contribution in [3.05, 3.63) is 89.5 Å². The number of carboxylic acid groups (broad SMARTS) is 1. The summed E-state index contributed by atoms with van der Waals surface area (Å²) in [6.07, 6.45) is -1.69. The Kier molecular flexibility index (Phi) is 6.85. The van der Waals surface area contributed by atoms with Crippen LogP contribution in [0.25, 0.3) is 0 Å². The molecule has 3 aromatic rings. The lowest BCUT2D eigenvalue weighted by molar-refractivity contribution is -0.163. The monoisotopic (exact) mass is 623 g/mol. The van der Waals surface area contributed by atoms with Gasteiger partial charge in [-0.1, -0.05) is 56.3 Å². The molecule has 0 aliphatic carbocycles. The Morgan fingerprint density at radius 2 is 1.52 bits per heavy atom. The summed E-state index contributed by atoms with van der Waals surface area (Å²) in [5.41, 5.74) is 2.39. The average molecular weight is 624 g/mol. The molecule has 7 rings (SSSR count). The molecular formula is C34H33N5O7. The van der Waals surface area contributed by atoms with Crippen LogP contribution in [0.2, 0.25) is 0 Å². The van der Waals surface area contributed by atoms with E-state index in [1.165, 1.54) is 9.80 Å². The predicted molar refractivity (Wildman–Crippen MR) is 167 cm³/mol. The molecule has 236 valence electrons. The maximum Gasteiger partial charge on any atom is 0.303 e. The highest BCUT2D eigenvalue weighted by molar-refractivity contribution is 6.16. The van der Waals surface area contributed by atoms with Crippen LogP contribution in [-0.2, 0) is 14.4 Å². The first kappa shape index (κ1) is 29.5. The normalized spacial score (nSPS) is 26.0. The lowest BCUT2D eigenvalue weighted by Crippen LogP contribution is -2.67. The second-order valence-electron chi connectivity index (χ2n) is 12.5. The molecule has 4 aliphatic rings. The third-order valence-electron chi connectivity index (χ3n) is 9.31. The first-order valence-electron chi connectivity index (χ1n) is 15.3. The van der Waals surface area contributed by atoms with Gasteiger partial charge in [-0.05, 0) is 48.2 Å². The van der Waals surface area contributed by atoms with Crippen LogP contribution < -0.4 is 20.4 Å². The van der Waals surface area contributed by atoms with E-state index in [1.807, 2.05) is 13.8 Å². The molecule has 4 aliphatic heterocycles. The Labute approximate surface area is 264 Å². The Morgan fingerprint density at radius 3 is 2.24 bits per heavy atom. The summed E-state index contributed by atoms with van der Waals surface area (Å²) in [5, 5.41) is 28.9. The largest absolute Gasteiger partial charge is 0.481 e. The summed E-state index contributed by atoms with van der Waals surface area (Å²) in [4.78, 5) is 71.8. The van der Waals surface area contributed by atoms with Gasteiger partial charge in [0.25, 0.3) is 17.7 Å². The number of carbonyl (C=O) groups excluding carboxylic acids is 4. The molecule has 1 fully saturated rings. The number of nitrogens with one attached hydrogen (secondary N) is 2. The van der Waals surface area contributed by atoms with Crippen LogP contribution in [0.1, 0.15) is 65.3 Å². The number of para-hydroxylation sites is 3. The zero-order valence-electron chi connectivity index (χ0n) is 25.2. The quantitative estimate of drug-likeness (QED) is 0.326. The Morgan fingerprint density at radius 1 is 0.870 bits per heavy atom. The van der Waals surface area contributed by atoms with Crippen LogP contribution >= 0.6 is 0 Å². The van der Waals surface area contributed by atoms with Gasteiger partial charge in [0.05, 0.1) is 40.9 Å². The molecule has 0 radical (unpaired) electrons. The number of hydrogen-bond donors (Lipinski definition) is 4. The van der Waals surface area contributed by atoms with Crippen LogP contribution in [0.4, 0.5) is 17.1 Å².